The molecule has 0 aromatic carbocycles. The summed E-state index contributed by atoms with van der Waals surface area (Å²) >= 11 is 0. The van der Waals surface area contributed by atoms with E-state index in [4.69, 9.17) is 9.47 Å². The van der Waals surface area contributed by atoms with Crippen LogP contribution >= 0.6 is 0 Å². The van der Waals surface area contributed by atoms with Crippen molar-refractivity contribution in [3.05, 3.63) is 12.2 Å². The van der Waals surface area contributed by atoms with Crippen LogP contribution in [0, 0.1) is 0 Å². The lowest BCUT2D eigenvalue weighted by molar-refractivity contribution is -0.0610. The molecule has 4 heteroatoms. The summed E-state index contributed by atoms with van der Waals surface area (Å²) in [5.74, 6) is 0. The van der Waals surface area contributed by atoms with Crippen LogP contribution in [0.3, 0.4) is 0 Å². The lowest BCUT2D eigenvalue weighted by atomic mass is 10.2. The Morgan fingerprint density at radius 2 is 2.11 bits per heavy atom. The monoisotopic (exact) mass is 255 g/mol. The number of nitrogens with zero attached hydrogens (tertiary/aromatic N) is 1. The number of rotatable bonds is 2. The molecule has 104 valence electrons. The van der Waals surface area contributed by atoms with Crippen LogP contribution in [0.1, 0.15) is 48.0 Å². The third-order valence-electron chi connectivity index (χ3n) is 2.70. The first-order chi connectivity index (χ1) is 8.17. The van der Waals surface area contributed by atoms with Gasteiger partial charge in [0, 0.05) is 0 Å². The Balaban J connectivity index is 2.85. The van der Waals surface area contributed by atoms with Gasteiger partial charge in [0.15, 0.2) is 0 Å². The topological polar surface area (TPSA) is 38.8 Å². The molecule has 1 atom stereocenters. The number of hydrogen-bond donors (Lipinski definition) is 0. The van der Waals surface area contributed by atoms with E-state index < -0.39 is 11.3 Å². The SMILES string of the molecule is CC/C=C/[C@H]1COC(C)(C)N1C(=O)OC(C)(C)C. The van der Waals surface area contributed by atoms with Crippen LogP contribution in [0.5, 0.6) is 0 Å². The van der Waals surface area contributed by atoms with E-state index in [1.54, 1.807) is 4.90 Å². The Kier molecular flexibility index (Phi) is 4.43. The fraction of sp³-hybridized carbons (Fsp3) is 0.786. The lowest BCUT2D eigenvalue weighted by Crippen LogP contribution is -2.49. The average molecular weight is 255 g/mol. The van der Waals surface area contributed by atoms with E-state index in [2.05, 4.69) is 6.92 Å². The minimum Gasteiger partial charge on any atom is -0.444 e. The maximum atomic E-state index is 12.2. The first-order valence-electron chi connectivity index (χ1n) is 6.50. The minimum absolute atomic E-state index is 0.0465. The van der Waals surface area contributed by atoms with E-state index in [0.717, 1.165) is 6.42 Å². The van der Waals surface area contributed by atoms with Crippen molar-refractivity contribution in [1.82, 2.24) is 4.90 Å². The normalized spacial score (nSPS) is 23.7. The maximum absolute atomic E-state index is 12.2. The summed E-state index contributed by atoms with van der Waals surface area (Å²) in [6.45, 7) is 12.0. The molecule has 1 aliphatic rings. The van der Waals surface area contributed by atoms with Crippen LogP contribution in [-0.4, -0.2) is 35.0 Å². The van der Waals surface area contributed by atoms with E-state index in [0.29, 0.717) is 6.61 Å². The first-order valence-corrected chi connectivity index (χ1v) is 6.50. The summed E-state index contributed by atoms with van der Waals surface area (Å²) in [7, 11) is 0. The zero-order chi connectivity index (χ0) is 14.0. The second-order valence-electron chi connectivity index (χ2n) is 6.01. The van der Waals surface area contributed by atoms with Crippen LogP contribution in [0.2, 0.25) is 0 Å². The van der Waals surface area contributed by atoms with Crippen molar-refractivity contribution in [3.8, 4) is 0 Å². The van der Waals surface area contributed by atoms with Gasteiger partial charge in [-0.2, -0.15) is 0 Å². The van der Waals surface area contributed by atoms with E-state index >= 15 is 0 Å². The average Bonchev–Trinajstić information content (AvgIpc) is 2.48. The van der Waals surface area contributed by atoms with Crippen molar-refractivity contribution in [2.24, 2.45) is 0 Å². The molecule has 1 amide bonds. The Labute approximate surface area is 110 Å². The molecule has 0 aromatic rings. The molecule has 0 aromatic heterocycles. The summed E-state index contributed by atoms with van der Waals surface area (Å²) in [6, 6.07) is -0.0465. The second kappa shape index (κ2) is 5.31. The van der Waals surface area contributed by atoms with Crippen molar-refractivity contribution >= 4 is 6.09 Å². The Bertz CT molecular complexity index is 328. The van der Waals surface area contributed by atoms with Crippen LogP contribution in [0.25, 0.3) is 0 Å². The van der Waals surface area contributed by atoms with Crippen LogP contribution in [0.15, 0.2) is 12.2 Å². The van der Waals surface area contributed by atoms with Gasteiger partial charge in [-0.05, 0) is 41.0 Å². The van der Waals surface area contributed by atoms with Gasteiger partial charge in [-0.15, -0.1) is 0 Å². The standard InChI is InChI=1S/C14H25NO3/c1-7-8-9-11-10-17-14(5,6)15(11)12(16)18-13(2,3)4/h8-9,11H,7,10H2,1-6H3/b9-8+/t11-/m0/s1. The molecule has 0 aliphatic carbocycles. The van der Waals surface area contributed by atoms with Crippen molar-refractivity contribution < 1.29 is 14.3 Å². The zero-order valence-corrected chi connectivity index (χ0v) is 12.3. The smallest absolute Gasteiger partial charge is 0.413 e. The Morgan fingerprint density at radius 3 is 2.61 bits per heavy atom. The molecular weight excluding hydrogens is 230 g/mol. The lowest BCUT2D eigenvalue weighted by Gasteiger charge is -2.34. The molecule has 0 bridgehead atoms. The first kappa shape index (κ1) is 15.0. The molecule has 1 saturated heterocycles. The zero-order valence-electron chi connectivity index (χ0n) is 12.3. The van der Waals surface area contributed by atoms with Gasteiger partial charge < -0.3 is 9.47 Å². The van der Waals surface area contributed by atoms with E-state index in [1.165, 1.54) is 0 Å². The predicted molar refractivity (Wildman–Crippen MR) is 71.3 cm³/mol. The largest absolute Gasteiger partial charge is 0.444 e. The molecule has 4 nitrogen and oxygen atoms in total. The van der Waals surface area contributed by atoms with Gasteiger partial charge in [-0.3, -0.25) is 4.90 Å². The molecule has 0 N–H and O–H groups in total. The number of ether oxygens (including phenoxy) is 2. The fourth-order valence-electron chi connectivity index (χ4n) is 1.93. The molecule has 1 rings (SSSR count). The predicted octanol–water partition coefficient (Wildman–Crippen LogP) is 3.32. The number of allylic oxidation sites excluding steroid dienone is 1. The number of carbonyl (C=O) groups is 1. The van der Waals surface area contributed by atoms with Crippen molar-refractivity contribution in [2.45, 2.75) is 65.3 Å². The number of hydrogen-bond acceptors (Lipinski definition) is 3. The molecular formula is C14H25NO3. The maximum Gasteiger partial charge on any atom is 0.413 e. The number of amides is 1. The highest BCUT2D eigenvalue weighted by molar-refractivity contribution is 5.70. The highest BCUT2D eigenvalue weighted by Crippen LogP contribution is 2.29. The summed E-state index contributed by atoms with van der Waals surface area (Å²) in [5, 5.41) is 0. The van der Waals surface area contributed by atoms with Gasteiger partial charge in [0.25, 0.3) is 0 Å². The fourth-order valence-corrected chi connectivity index (χ4v) is 1.93. The van der Waals surface area contributed by atoms with Crippen LogP contribution < -0.4 is 0 Å². The van der Waals surface area contributed by atoms with E-state index in [1.807, 2.05) is 46.8 Å². The molecule has 1 aliphatic heterocycles. The Hall–Kier alpha value is -1.03. The summed E-state index contributed by atoms with van der Waals surface area (Å²) in [6.07, 6.45) is 4.68. The number of carbonyl (C=O) groups excluding carboxylic acids is 1. The van der Waals surface area contributed by atoms with E-state index in [9.17, 15) is 4.79 Å². The van der Waals surface area contributed by atoms with Gasteiger partial charge in [-0.25, -0.2) is 4.79 Å². The minimum atomic E-state index is -0.620. The van der Waals surface area contributed by atoms with Gasteiger partial charge in [-0.1, -0.05) is 19.1 Å². The van der Waals surface area contributed by atoms with Crippen molar-refractivity contribution in [1.29, 1.82) is 0 Å². The second-order valence-corrected chi connectivity index (χ2v) is 6.01. The molecule has 0 unspecified atom stereocenters. The molecule has 0 radical (unpaired) electrons. The van der Waals surface area contributed by atoms with Gasteiger partial charge in [0.1, 0.15) is 11.3 Å². The summed E-state index contributed by atoms with van der Waals surface area (Å²) in [5.41, 5.74) is -1.11. The Morgan fingerprint density at radius 1 is 1.50 bits per heavy atom. The molecule has 0 saturated carbocycles. The molecule has 0 spiro atoms. The molecule has 18 heavy (non-hydrogen) atoms. The summed E-state index contributed by atoms with van der Waals surface area (Å²) < 4.78 is 11.1. The van der Waals surface area contributed by atoms with Gasteiger partial charge in [0.2, 0.25) is 0 Å². The quantitative estimate of drug-likeness (QED) is 0.710. The third-order valence-corrected chi connectivity index (χ3v) is 2.70. The van der Waals surface area contributed by atoms with E-state index in [-0.39, 0.29) is 12.1 Å². The highest BCUT2D eigenvalue weighted by atomic mass is 16.6. The van der Waals surface area contributed by atoms with Crippen molar-refractivity contribution in [3.63, 3.8) is 0 Å². The van der Waals surface area contributed by atoms with Crippen LogP contribution in [-0.2, 0) is 9.47 Å². The summed E-state index contributed by atoms with van der Waals surface area (Å²) in [4.78, 5) is 13.9. The highest BCUT2D eigenvalue weighted by Gasteiger charge is 2.44. The van der Waals surface area contributed by atoms with Crippen LogP contribution in [0.4, 0.5) is 4.79 Å². The molecule has 1 fully saturated rings. The van der Waals surface area contributed by atoms with Gasteiger partial charge >= 0.3 is 6.09 Å². The molecule has 1 heterocycles. The third kappa shape index (κ3) is 3.73. The van der Waals surface area contributed by atoms with Crippen molar-refractivity contribution in [2.75, 3.05) is 6.61 Å². The van der Waals surface area contributed by atoms with Gasteiger partial charge in [0.05, 0.1) is 12.6 Å².